The highest BCUT2D eigenvalue weighted by Gasteiger charge is 2.33. The van der Waals surface area contributed by atoms with Crippen LogP contribution in [0.5, 0.6) is 0 Å². The Hall–Kier alpha value is -1.11. The predicted octanol–water partition coefficient (Wildman–Crippen LogP) is 0.660. The number of piperidine rings is 1. The van der Waals surface area contributed by atoms with E-state index in [2.05, 4.69) is 0 Å². The fourth-order valence-corrected chi connectivity index (χ4v) is 3.68. The molecule has 6 heteroatoms. The van der Waals surface area contributed by atoms with Gasteiger partial charge in [-0.2, -0.15) is 4.31 Å². The van der Waals surface area contributed by atoms with Crippen LogP contribution in [-0.2, 0) is 10.0 Å². The molecule has 0 aromatic heterocycles. The van der Waals surface area contributed by atoms with Crippen LogP contribution in [-0.4, -0.2) is 37.0 Å². The lowest BCUT2D eigenvalue weighted by Crippen LogP contribution is -2.45. The molecule has 1 heterocycles. The number of sulfonamides is 1. The van der Waals surface area contributed by atoms with Crippen molar-refractivity contribution >= 4 is 15.7 Å². The molecule has 0 spiro atoms. The smallest absolute Gasteiger partial charge is 0.245 e. The summed E-state index contributed by atoms with van der Waals surface area (Å²) in [5, 5.41) is 9.79. The first-order valence-corrected chi connectivity index (χ1v) is 7.39. The normalized spacial score (nSPS) is 26.1. The van der Waals surface area contributed by atoms with Crippen LogP contribution >= 0.6 is 0 Å². The number of benzene rings is 1. The first-order valence-electron chi connectivity index (χ1n) is 5.95. The van der Waals surface area contributed by atoms with Gasteiger partial charge in [0.1, 0.15) is 4.90 Å². The minimum Gasteiger partial charge on any atom is -0.398 e. The maximum atomic E-state index is 12.4. The highest BCUT2D eigenvalue weighted by Crippen LogP contribution is 2.26. The first-order chi connectivity index (χ1) is 8.43. The molecular formula is C12H18N2O3S. The van der Waals surface area contributed by atoms with Crippen LogP contribution in [0.2, 0.25) is 0 Å². The quantitative estimate of drug-likeness (QED) is 0.773. The van der Waals surface area contributed by atoms with Gasteiger partial charge in [0.05, 0.1) is 11.8 Å². The van der Waals surface area contributed by atoms with E-state index in [0.29, 0.717) is 13.0 Å². The lowest BCUT2D eigenvalue weighted by atomic mass is 9.98. The molecule has 0 bridgehead atoms. The average Bonchev–Trinajstić information content (AvgIpc) is 2.33. The van der Waals surface area contributed by atoms with Crippen molar-refractivity contribution in [3.8, 4) is 0 Å². The number of hydrogen-bond donors (Lipinski definition) is 2. The molecule has 1 aliphatic heterocycles. The predicted molar refractivity (Wildman–Crippen MR) is 69.4 cm³/mol. The number of nitrogen functional groups attached to an aromatic ring is 1. The molecule has 1 aliphatic rings. The summed E-state index contributed by atoms with van der Waals surface area (Å²) >= 11 is 0. The Morgan fingerprint density at radius 1 is 1.39 bits per heavy atom. The number of β-amino-alcohol motifs (C(OH)–C–C–N with tert-alkyl or cyclic N) is 1. The molecule has 1 aromatic carbocycles. The summed E-state index contributed by atoms with van der Waals surface area (Å²) in [5.74, 6) is 0.129. The van der Waals surface area contributed by atoms with Crippen LogP contribution in [0.4, 0.5) is 5.69 Å². The monoisotopic (exact) mass is 270 g/mol. The van der Waals surface area contributed by atoms with Gasteiger partial charge in [0.25, 0.3) is 0 Å². The van der Waals surface area contributed by atoms with Gasteiger partial charge in [0.2, 0.25) is 10.0 Å². The Bertz CT molecular complexity index is 530. The summed E-state index contributed by atoms with van der Waals surface area (Å²) in [6, 6.07) is 6.40. The molecule has 100 valence electrons. The molecule has 0 saturated carbocycles. The zero-order valence-corrected chi connectivity index (χ0v) is 11.1. The number of aliphatic hydroxyl groups excluding tert-OH is 1. The maximum absolute atomic E-state index is 12.4. The van der Waals surface area contributed by atoms with Gasteiger partial charge in [-0.3, -0.25) is 0 Å². The maximum Gasteiger partial charge on any atom is 0.245 e. The van der Waals surface area contributed by atoms with Crippen LogP contribution in [0.1, 0.15) is 13.3 Å². The summed E-state index contributed by atoms with van der Waals surface area (Å²) in [7, 11) is -3.60. The molecule has 1 saturated heterocycles. The standard InChI is InChI=1S/C12H18N2O3S/c1-9-6-7-14(8-11(9)15)18(16,17)12-5-3-2-4-10(12)13/h2-5,9,11,15H,6-8,13H2,1H3. The van der Waals surface area contributed by atoms with Gasteiger partial charge in [-0.05, 0) is 24.5 Å². The topological polar surface area (TPSA) is 83.6 Å². The van der Waals surface area contributed by atoms with Gasteiger partial charge < -0.3 is 10.8 Å². The van der Waals surface area contributed by atoms with E-state index in [1.807, 2.05) is 6.92 Å². The number of hydrogen-bond acceptors (Lipinski definition) is 4. The van der Waals surface area contributed by atoms with Crippen molar-refractivity contribution in [2.75, 3.05) is 18.8 Å². The number of nitrogens with two attached hydrogens (primary N) is 1. The van der Waals surface area contributed by atoms with Crippen molar-refractivity contribution in [3.05, 3.63) is 24.3 Å². The highest BCUT2D eigenvalue weighted by molar-refractivity contribution is 7.89. The van der Waals surface area contributed by atoms with E-state index in [-0.39, 0.29) is 23.0 Å². The fourth-order valence-electron chi connectivity index (χ4n) is 2.09. The Morgan fingerprint density at radius 3 is 2.67 bits per heavy atom. The summed E-state index contributed by atoms with van der Waals surface area (Å²) in [4.78, 5) is 0.117. The largest absolute Gasteiger partial charge is 0.398 e. The molecule has 3 N–H and O–H groups in total. The molecular weight excluding hydrogens is 252 g/mol. The van der Waals surface area contributed by atoms with Crippen molar-refractivity contribution in [1.82, 2.24) is 4.31 Å². The zero-order chi connectivity index (χ0) is 13.3. The third-order valence-corrected chi connectivity index (χ3v) is 5.36. The molecule has 18 heavy (non-hydrogen) atoms. The van der Waals surface area contributed by atoms with E-state index in [0.717, 1.165) is 0 Å². The third kappa shape index (κ3) is 2.36. The van der Waals surface area contributed by atoms with Gasteiger partial charge in [-0.15, -0.1) is 0 Å². The van der Waals surface area contributed by atoms with Crippen LogP contribution in [0.15, 0.2) is 29.2 Å². The Morgan fingerprint density at radius 2 is 2.06 bits per heavy atom. The SMILES string of the molecule is CC1CCN(S(=O)(=O)c2ccccc2N)CC1O. The Labute approximate surface area is 107 Å². The lowest BCUT2D eigenvalue weighted by molar-refractivity contribution is 0.0605. The molecule has 5 nitrogen and oxygen atoms in total. The second-order valence-corrected chi connectivity index (χ2v) is 6.64. The van der Waals surface area contributed by atoms with Crippen LogP contribution in [0.25, 0.3) is 0 Å². The van der Waals surface area contributed by atoms with Crippen LogP contribution in [0, 0.1) is 5.92 Å². The van der Waals surface area contributed by atoms with Crippen molar-refractivity contribution in [2.24, 2.45) is 5.92 Å². The van der Waals surface area contributed by atoms with Gasteiger partial charge in [-0.1, -0.05) is 19.1 Å². The average molecular weight is 270 g/mol. The molecule has 2 unspecified atom stereocenters. The number of anilines is 1. The fraction of sp³-hybridized carbons (Fsp3) is 0.500. The van der Waals surface area contributed by atoms with Crippen molar-refractivity contribution in [3.63, 3.8) is 0 Å². The Kier molecular flexibility index (Phi) is 3.61. The molecule has 2 atom stereocenters. The summed E-state index contributed by atoms with van der Waals surface area (Å²) in [5.41, 5.74) is 5.95. The highest BCUT2D eigenvalue weighted by atomic mass is 32.2. The van der Waals surface area contributed by atoms with Gasteiger partial charge in [-0.25, -0.2) is 8.42 Å². The van der Waals surface area contributed by atoms with E-state index in [1.165, 1.54) is 10.4 Å². The van der Waals surface area contributed by atoms with Crippen LogP contribution in [0.3, 0.4) is 0 Å². The van der Waals surface area contributed by atoms with Crippen molar-refractivity contribution in [1.29, 1.82) is 0 Å². The summed E-state index contributed by atoms with van der Waals surface area (Å²) in [6.45, 7) is 2.48. The molecule has 1 fully saturated rings. The number of rotatable bonds is 2. The molecule has 0 amide bonds. The third-order valence-electron chi connectivity index (χ3n) is 3.42. The number of aliphatic hydroxyl groups is 1. The molecule has 0 aliphatic carbocycles. The zero-order valence-electron chi connectivity index (χ0n) is 10.3. The number of nitrogens with zero attached hydrogens (tertiary/aromatic N) is 1. The van der Waals surface area contributed by atoms with E-state index < -0.39 is 16.1 Å². The molecule has 0 radical (unpaired) electrons. The number of para-hydroxylation sites is 1. The second-order valence-electron chi connectivity index (χ2n) is 4.73. The summed E-state index contributed by atoms with van der Waals surface area (Å²) in [6.07, 6.45) is 0.0473. The van der Waals surface area contributed by atoms with Gasteiger partial charge >= 0.3 is 0 Å². The van der Waals surface area contributed by atoms with Crippen LogP contribution < -0.4 is 5.73 Å². The van der Waals surface area contributed by atoms with E-state index in [4.69, 9.17) is 5.73 Å². The minimum atomic E-state index is -3.60. The van der Waals surface area contributed by atoms with E-state index >= 15 is 0 Å². The van der Waals surface area contributed by atoms with Crippen molar-refractivity contribution < 1.29 is 13.5 Å². The van der Waals surface area contributed by atoms with Gasteiger partial charge in [0.15, 0.2) is 0 Å². The summed E-state index contributed by atoms with van der Waals surface area (Å²) < 4.78 is 26.1. The Balaban J connectivity index is 2.30. The first kappa shape index (κ1) is 13.3. The molecule has 1 aromatic rings. The molecule has 2 rings (SSSR count). The van der Waals surface area contributed by atoms with E-state index in [9.17, 15) is 13.5 Å². The second kappa shape index (κ2) is 4.87. The van der Waals surface area contributed by atoms with Gasteiger partial charge in [0, 0.05) is 13.1 Å². The van der Waals surface area contributed by atoms with Crippen molar-refractivity contribution in [2.45, 2.75) is 24.3 Å². The van der Waals surface area contributed by atoms with E-state index in [1.54, 1.807) is 18.2 Å². The lowest BCUT2D eigenvalue weighted by Gasteiger charge is -2.33. The minimum absolute atomic E-state index is 0.117.